The number of benzene rings is 1. The van der Waals surface area contributed by atoms with Crippen LogP contribution in [0.2, 0.25) is 0 Å². The fraction of sp³-hybridized carbons (Fsp3) is 0.500. The number of nitriles is 1. The molecule has 2 unspecified atom stereocenters. The molecule has 4 nitrogen and oxygen atoms in total. The first-order valence-electron chi connectivity index (χ1n) is 7.04. The molecule has 1 aromatic rings. The summed E-state index contributed by atoms with van der Waals surface area (Å²) in [5, 5.41) is 8.72. The summed E-state index contributed by atoms with van der Waals surface area (Å²) in [7, 11) is 0. The lowest BCUT2D eigenvalue weighted by molar-refractivity contribution is -0.137. The Morgan fingerprint density at radius 2 is 2.10 bits per heavy atom. The van der Waals surface area contributed by atoms with Gasteiger partial charge in [-0.05, 0) is 49.9 Å². The van der Waals surface area contributed by atoms with Gasteiger partial charge in [-0.1, -0.05) is 6.92 Å². The van der Waals surface area contributed by atoms with E-state index in [0.717, 1.165) is 13.0 Å². The Morgan fingerprint density at radius 1 is 1.40 bits per heavy atom. The number of ether oxygens (including phenoxy) is 1. The van der Waals surface area contributed by atoms with Crippen molar-refractivity contribution in [2.45, 2.75) is 32.7 Å². The lowest BCUT2D eigenvalue weighted by atomic mass is 9.92. The molecule has 1 fully saturated rings. The van der Waals surface area contributed by atoms with Crippen LogP contribution in [0.5, 0.6) is 5.75 Å². The van der Waals surface area contributed by atoms with Crippen LogP contribution in [-0.2, 0) is 4.79 Å². The third kappa shape index (κ3) is 3.30. The van der Waals surface area contributed by atoms with Crippen LogP contribution in [0.4, 0.5) is 0 Å². The third-order valence-electron chi connectivity index (χ3n) is 4.04. The van der Waals surface area contributed by atoms with E-state index in [1.165, 1.54) is 6.42 Å². The van der Waals surface area contributed by atoms with Gasteiger partial charge in [0.2, 0.25) is 0 Å². The van der Waals surface area contributed by atoms with Crippen LogP contribution in [0.1, 0.15) is 32.3 Å². The molecular formula is C16H20N2O2. The number of carbonyl (C=O) groups excluding carboxylic acids is 1. The second-order valence-electron chi connectivity index (χ2n) is 5.37. The van der Waals surface area contributed by atoms with Crippen molar-refractivity contribution in [1.82, 2.24) is 4.90 Å². The van der Waals surface area contributed by atoms with E-state index < -0.39 is 0 Å². The molecule has 0 saturated carbocycles. The maximum absolute atomic E-state index is 12.2. The molecule has 2 atom stereocenters. The highest BCUT2D eigenvalue weighted by molar-refractivity contribution is 5.78. The second-order valence-corrected chi connectivity index (χ2v) is 5.37. The van der Waals surface area contributed by atoms with Crippen LogP contribution in [0.25, 0.3) is 0 Å². The predicted octanol–water partition coefficient (Wildman–Crippen LogP) is 2.58. The van der Waals surface area contributed by atoms with Crippen molar-refractivity contribution in [3.05, 3.63) is 29.8 Å². The molecule has 1 saturated heterocycles. The van der Waals surface area contributed by atoms with Gasteiger partial charge in [-0.25, -0.2) is 0 Å². The number of rotatable bonds is 3. The molecule has 1 amide bonds. The maximum atomic E-state index is 12.2. The van der Waals surface area contributed by atoms with Gasteiger partial charge in [-0.2, -0.15) is 5.26 Å². The first-order valence-corrected chi connectivity index (χ1v) is 7.04. The maximum Gasteiger partial charge on any atom is 0.260 e. The van der Waals surface area contributed by atoms with Gasteiger partial charge in [0.25, 0.3) is 5.91 Å². The first-order chi connectivity index (χ1) is 9.61. The topological polar surface area (TPSA) is 53.3 Å². The van der Waals surface area contributed by atoms with Crippen LogP contribution in [-0.4, -0.2) is 30.0 Å². The SMILES string of the molecule is CC1CCCN(C(=O)COc2ccc(C#N)cc2)C1C. The van der Waals surface area contributed by atoms with Gasteiger partial charge in [0.1, 0.15) is 5.75 Å². The van der Waals surface area contributed by atoms with E-state index in [1.807, 2.05) is 4.90 Å². The molecule has 20 heavy (non-hydrogen) atoms. The molecule has 0 radical (unpaired) electrons. The highest BCUT2D eigenvalue weighted by Crippen LogP contribution is 2.23. The van der Waals surface area contributed by atoms with Crippen molar-refractivity contribution in [2.24, 2.45) is 5.92 Å². The average Bonchev–Trinajstić information content (AvgIpc) is 2.48. The molecule has 0 spiro atoms. The fourth-order valence-corrected chi connectivity index (χ4v) is 2.54. The van der Waals surface area contributed by atoms with Gasteiger partial charge >= 0.3 is 0 Å². The van der Waals surface area contributed by atoms with Crippen molar-refractivity contribution in [2.75, 3.05) is 13.2 Å². The standard InChI is InChI=1S/C16H20N2O2/c1-12-4-3-9-18(13(12)2)16(19)11-20-15-7-5-14(10-17)6-8-15/h5-8,12-13H,3-4,9,11H2,1-2H3. The van der Waals surface area contributed by atoms with E-state index in [0.29, 0.717) is 17.2 Å². The van der Waals surface area contributed by atoms with Gasteiger partial charge in [-0.3, -0.25) is 4.79 Å². The summed E-state index contributed by atoms with van der Waals surface area (Å²) in [6.45, 7) is 5.17. The summed E-state index contributed by atoms with van der Waals surface area (Å²) >= 11 is 0. The zero-order valence-corrected chi connectivity index (χ0v) is 12.0. The van der Waals surface area contributed by atoms with Crippen LogP contribution in [0.3, 0.4) is 0 Å². The van der Waals surface area contributed by atoms with Crippen molar-refractivity contribution < 1.29 is 9.53 Å². The van der Waals surface area contributed by atoms with Crippen LogP contribution >= 0.6 is 0 Å². The highest BCUT2D eigenvalue weighted by atomic mass is 16.5. The summed E-state index contributed by atoms with van der Waals surface area (Å²) in [5.74, 6) is 1.20. The first kappa shape index (κ1) is 14.4. The highest BCUT2D eigenvalue weighted by Gasteiger charge is 2.28. The lowest BCUT2D eigenvalue weighted by Gasteiger charge is -2.37. The molecule has 106 valence electrons. The van der Waals surface area contributed by atoms with Gasteiger partial charge in [0, 0.05) is 12.6 Å². The van der Waals surface area contributed by atoms with Crippen molar-refractivity contribution >= 4 is 5.91 Å². The molecule has 1 aliphatic heterocycles. The zero-order valence-electron chi connectivity index (χ0n) is 12.0. The molecule has 2 rings (SSSR count). The van der Waals surface area contributed by atoms with Gasteiger partial charge in [0.05, 0.1) is 11.6 Å². The van der Waals surface area contributed by atoms with E-state index in [2.05, 4.69) is 19.9 Å². The minimum Gasteiger partial charge on any atom is -0.484 e. The largest absolute Gasteiger partial charge is 0.484 e. The number of nitrogens with zero attached hydrogens (tertiary/aromatic N) is 2. The minimum atomic E-state index is 0.0356. The lowest BCUT2D eigenvalue weighted by Crippen LogP contribution is -2.47. The number of likely N-dealkylation sites (tertiary alicyclic amines) is 1. The molecule has 0 aromatic heterocycles. The van der Waals surface area contributed by atoms with Crippen LogP contribution < -0.4 is 4.74 Å². The molecule has 0 N–H and O–H groups in total. The van der Waals surface area contributed by atoms with Gasteiger partial charge in [0.15, 0.2) is 6.61 Å². The smallest absolute Gasteiger partial charge is 0.260 e. The molecule has 1 aromatic carbocycles. The quantitative estimate of drug-likeness (QED) is 0.849. The number of piperidine rings is 1. The Morgan fingerprint density at radius 3 is 2.75 bits per heavy atom. The Balaban J connectivity index is 1.89. The number of carbonyl (C=O) groups is 1. The minimum absolute atomic E-state index is 0.0356. The molecule has 4 heteroatoms. The number of hydrogen-bond donors (Lipinski definition) is 0. The van der Waals surface area contributed by atoms with Gasteiger partial charge < -0.3 is 9.64 Å². The summed E-state index contributed by atoms with van der Waals surface area (Å²) in [6.07, 6.45) is 2.25. The van der Waals surface area contributed by atoms with Crippen molar-refractivity contribution in [3.63, 3.8) is 0 Å². The third-order valence-corrected chi connectivity index (χ3v) is 4.04. The summed E-state index contributed by atoms with van der Waals surface area (Å²) in [5.41, 5.74) is 0.585. The monoisotopic (exact) mass is 272 g/mol. The number of amides is 1. The molecular weight excluding hydrogens is 252 g/mol. The van der Waals surface area contributed by atoms with E-state index in [1.54, 1.807) is 24.3 Å². The van der Waals surface area contributed by atoms with E-state index in [9.17, 15) is 4.79 Å². The molecule has 1 heterocycles. The summed E-state index contributed by atoms with van der Waals surface area (Å²) < 4.78 is 5.50. The average molecular weight is 272 g/mol. The Labute approximate surface area is 120 Å². The predicted molar refractivity (Wildman–Crippen MR) is 76.2 cm³/mol. The van der Waals surface area contributed by atoms with Crippen LogP contribution in [0, 0.1) is 17.2 Å². The number of hydrogen-bond acceptors (Lipinski definition) is 3. The van der Waals surface area contributed by atoms with Gasteiger partial charge in [-0.15, -0.1) is 0 Å². The van der Waals surface area contributed by atoms with Crippen molar-refractivity contribution in [3.8, 4) is 11.8 Å². The molecule has 0 aliphatic carbocycles. The second kappa shape index (κ2) is 6.42. The summed E-state index contributed by atoms with van der Waals surface area (Å²) in [6, 6.07) is 9.13. The Bertz CT molecular complexity index is 504. The summed E-state index contributed by atoms with van der Waals surface area (Å²) in [4.78, 5) is 14.1. The fourth-order valence-electron chi connectivity index (χ4n) is 2.54. The van der Waals surface area contributed by atoms with E-state index in [-0.39, 0.29) is 18.6 Å². The van der Waals surface area contributed by atoms with Crippen molar-refractivity contribution in [1.29, 1.82) is 5.26 Å². The molecule has 0 bridgehead atoms. The Hall–Kier alpha value is -2.02. The normalized spacial score (nSPS) is 22.1. The van der Waals surface area contributed by atoms with E-state index in [4.69, 9.17) is 10.00 Å². The van der Waals surface area contributed by atoms with E-state index >= 15 is 0 Å². The van der Waals surface area contributed by atoms with Crippen LogP contribution in [0.15, 0.2) is 24.3 Å². The zero-order chi connectivity index (χ0) is 14.5. The molecule has 1 aliphatic rings. The Kier molecular flexibility index (Phi) is 4.62.